The Labute approximate surface area is 107 Å². The summed E-state index contributed by atoms with van der Waals surface area (Å²) in [7, 11) is 1.74. The van der Waals surface area contributed by atoms with Gasteiger partial charge in [0.25, 0.3) is 0 Å². The van der Waals surface area contributed by atoms with Crippen molar-refractivity contribution in [3.05, 3.63) is 41.5 Å². The zero-order valence-corrected chi connectivity index (χ0v) is 10.3. The third kappa shape index (κ3) is 2.67. The first kappa shape index (κ1) is 12.6. The molecule has 1 aromatic carbocycles. The molecule has 94 valence electrons. The molecule has 0 bridgehead atoms. The van der Waals surface area contributed by atoms with Crippen molar-refractivity contribution in [3.63, 3.8) is 0 Å². The fourth-order valence-corrected chi connectivity index (χ4v) is 2.33. The standard InChI is InChI=1S/C11H10FN3O2S/c1-15-11(13-6-14-15)18-5-7-4-8(12)2-3-9(7)10(16)17/h2-4,6H,5H2,1H3,(H,16,17). The molecule has 1 N–H and O–H groups in total. The topological polar surface area (TPSA) is 68.0 Å². The molecule has 0 saturated heterocycles. The highest BCUT2D eigenvalue weighted by Crippen LogP contribution is 2.23. The first-order valence-corrected chi connectivity index (χ1v) is 6.05. The summed E-state index contributed by atoms with van der Waals surface area (Å²) >= 11 is 1.31. The lowest BCUT2D eigenvalue weighted by molar-refractivity contribution is 0.0696. The van der Waals surface area contributed by atoms with Gasteiger partial charge in [-0.2, -0.15) is 5.10 Å². The second kappa shape index (κ2) is 5.18. The third-order valence-corrected chi connectivity index (χ3v) is 3.41. The van der Waals surface area contributed by atoms with Crippen LogP contribution in [-0.4, -0.2) is 25.8 Å². The van der Waals surface area contributed by atoms with E-state index < -0.39 is 11.8 Å². The van der Waals surface area contributed by atoms with Crippen molar-refractivity contribution in [1.29, 1.82) is 0 Å². The van der Waals surface area contributed by atoms with Gasteiger partial charge in [-0.15, -0.1) is 0 Å². The van der Waals surface area contributed by atoms with Gasteiger partial charge in [0.05, 0.1) is 5.56 Å². The number of hydrogen-bond donors (Lipinski definition) is 1. The van der Waals surface area contributed by atoms with Crippen LogP contribution in [0.25, 0.3) is 0 Å². The molecule has 0 unspecified atom stereocenters. The molecule has 0 saturated carbocycles. The van der Waals surface area contributed by atoms with Crippen molar-refractivity contribution in [3.8, 4) is 0 Å². The number of carbonyl (C=O) groups is 1. The van der Waals surface area contributed by atoms with Gasteiger partial charge in [-0.3, -0.25) is 0 Å². The van der Waals surface area contributed by atoms with E-state index in [0.717, 1.165) is 6.07 Å². The van der Waals surface area contributed by atoms with Crippen LogP contribution in [0.1, 0.15) is 15.9 Å². The Balaban J connectivity index is 2.20. The molecule has 5 nitrogen and oxygen atoms in total. The van der Waals surface area contributed by atoms with E-state index >= 15 is 0 Å². The second-order valence-electron chi connectivity index (χ2n) is 3.56. The maximum Gasteiger partial charge on any atom is 0.335 e. The third-order valence-electron chi connectivity index (χ3n) is 2.32. The van der Waals surface area contributed by atoms with E-state index in [1.54, 1.807) is 11.7 Å². The molecule has 0 amide bonds. The molecule has 1 aromatic heterocycles. The number of carboxylic acids is 1. The predicted octanol–water partition coefficient (Wildman–Crippen LogP) is 1.94. The van der Waals surface area contributed by atoms with Gasteiger partial charge in [-0.1, -0.05) is 11.8 Å². The average molecular weight is 267 g/mol. The summed E-state index contributed by atoms with van der Waals surface area (Å²) in [4.78, 5) is 15.0. The van der Waals surface area contributed by atoms with Gasteiger partial charge in [0.2, 0.25) is 0 Å². The second-order valence-corrected chi connectivity index (χ2v) is 4.50. The summed E-state index contributed by atoms with van der Waals surface area (Å²) in [6, 6.07) is 3.64. The van der Waals surface area contributed by atoms with Crippen molar-refractivity contribution < 1.29 is 14.3 Å². The van der Waals surface area contributed by atoms with Crippen molar-refractivity contribution in [1.82, 2.24) is 14.8 Å². The van der Waals surface area contributed by atoms with Crippen molar-refractivity contribution in [2.24, 2.45) is 7.05 Å². The van der Waals surface area contributed by atoms with Crippen LogP contribution in [0.15, 0.2) is 29.7 Å². The van der Waals surface area contributed by atoms with Crippen LogP contribution >= 0.6 is 11.8 Å². The van der Waals surface area contributed by atoms with E-state index in [-0.39, 0.29) is 5.56 Å². The first-order valence-electron chi connectivity index (χ1n) is 5.06. The molecule has 0 atom stereocenters. The molecule has 0 spiro atoms. The van der Waals surface area contributed by atoms with Gasteiger partial charge in [0.1, 0.15) is 12.1 Å². The van der Waals surface area contributed by atoms with E-state index in [4.69, 9.17) is 5.11 Å². The number of nitrogens with zero attached hydrogens (tertiary/aromatic N) is 3. The minimum absolute atomic E-state index is 0.103. The summed E-state index contributed by atoms with van der Waals surface area (Å²) in [5, 5.41) is 13.6. The fourth-order valence-electron chi connectivity index (χ4n) is 1.45. The van der Waals surface area contributed by atoms with E-state index in [9.17, 15) is 9.18 Å². The smallest absolute Gasteiger partial charge is 0.335 e. The zero-order valence-electron chi connectivity index (χ0n) is 9.50. The number of aromatic nitrogens is 3. The van der Waals surface area contributed by atoms with Crippen LogP contribution in [0.4, 0.5) is 4.39 Å². The Morgan fingerprint density at radius 3 is 2.94 bits per heavy atom. The van der Waals surface area contributed by atoms with Gasteiger partial charge in [0, 0.05) is 12.8 Å². The van der Waals surface area contributed by atoms with Crippen LogP contribution in [-0.2, 0) is 12.8 Å². The molecule has 0 fully saturated rings. The van der Waals surface area contributed by atoms with E-state index in [1.807, 2.05) is 0 Å². The lowest BCUT2D eigenvalue weighted by Crippen LogP contribution is -2.02. The molecule has 0 radical (unpaired) electrons. The van der Waals surface area contributed by atoms with Gasteiger partial charge < -0.3 is 5.11 Å². The Morgan fingerprint density at radius 2 is 2.33 bits per heavy atom. The summed E-state index contributed by atoms with van der Waals surface area (Å²) in [6.45, 7) is 0. The minimum atomic E-state index is -1.07. The molecular weight excluding hydrogens is 257 g/mol. The average Bonchev–Trinajstić information content (AvgIpc) is 2.72. The molecule has 1 heterocycles. The number of rotatable bonds is 4. The lowest BCUT2D eigenvalue weighted by Gasteiger charge is -2.05. The Kier molecular flexibility index (Phi) is 3.61. The van der Waals surface area contributed by atoms with Crippen LogP contribution in [0.2, 0.25) is 0 Å². The minimum Gasteiger partial charge on any atom is -0.478 e. The summed E-state index contributed by atoms with van der Waals surface area (Å²) in [5.41, 5.74) is 0.529. The van der Waals surface area contributed by atoms with E-state index in [1.165, 1.54) is 30.2 Å². The van der Waals surface area contributed by atoms with Crippen LogP contribution in [0.3, 0.4) is 0 Å². The molecular formula is C11H10FN3O2S. The zero-order chi connectivity index (χ0) is 13.1. The molecule has 7 heteroatoms. The number of halogens is 1. The van der Waals surface area contributed by atoms with Gasteiger partial charge in [0.15, 0.2) is 5.16 Å². The normalized spacial score (nSPS) is 10.6. The molecule has 18 heavy (non-hydrogen) atoms. The highest BCUT2D eigenvalue weighted by atomic mass is 32.2. The molecule has 2 aromatic rings. The van der Waals surface area contributed by atoms with Crippen molar-refractivity contribution in [2.75, 3.05) is 0 Å². The molecule has 2 rings (SSSR count). The number of thioether (sulfide) groups is 1. The number of aromatic carboxylic acids is 1. The number of hydrogen-bond acceptors (Lipinski definition) is 4. The number of benzene rings is 1. The molecule has 0 aliphatic rings. The predicted molar refractivity (Wildman–Crippen MR) is 63.9 cm³/mol. The van der Waals surface area contributed by atoms with Gasteiger partial charge >= 0.3 is 5.97 Å². The monoisotopic (exact) mass is 267 g/mol. The van der Waals surface area contributed by atoms with Crippen molar-refractivity contribution >= 4 is 17.7 Å². The Hall–Kier alpha value is -1.89. The number of carboxylic acid groups (broad SMARTS) is 1. The molecule has 0 aliphatic carbocycles. The number of aryl methyl sites for hydroxylation is 1. The summed E-state index contributed by atoms with van der Waals surface area (Å²) in [5.74, 6) is -1.19. The quantitative estimate of drug-likeness (QED) is 0.857. The van der Waals surface area contributed by atoms with E-state index in [0.29, 0.717) is 16.5 Å². The Morgan fingerprint density at radius 1 is 1.56 bits per heavy atom. The van der Waals surface area contributed by atoms with Crippen LogP contribution in [0.5, 0.6) is 0 Å². The van der Waals surface area contributed by atoms with Gasteiger partial charge in [-0.25, -0.2) is 18.9 Å². The largest absolute Gasteiger partial charge is 0.478 e. The van der Waals surface area contributed by atoms with Crippen molar-refractivity contribution in [2.45, 2.75) is 10.9 Å². The fraction of sp³-hybridized carbons (Fsp3) is 0.182. The Bertz CT molecular complexity index is 585. The maximum absolute atomic E-state index is 13.1. The summed E-state index contributed by atoms with van der Waals surface area (Å²) < 4.78 is 14.7. The lowest BCUT2D eigenvalue weighted by atomic mass is 10.1. The summed E-state index contributed by atoms with van der Waals surface area (Å²) in [6.07, 6.45) is 1.41. The first-order chi connectivity index (χ1) is 8.58. The SMILES string of the molecule is Cn1ncnc1SCc1cc(F)ccc1C(=O)O. The van der Waals surface area contributed by atoms with Gasteiger partial charge in [-0.05, 0) is 23.8 Å². The van der Waals surface area contributed by atoms with E-state index in [2.05, 4.69) is 10.1 Å². The molecule has 0 aliphatic heterocycles. The maximum atomic E-state index is 13.1. The highest BCUT2D eigenvalue weighted by Gasteiger charge is 2.12. The van der Waals surface area contributed by atoms with Crippen LogP contribution in [0, 0.1) is 5.82 Å². The van der Waals surface area contributed by atoms with Crippen LogP contribution < -0.4 is 0 Å². The highest BCUT2D eigenvalue weighted by molar-refractivity contribution is 7.98.